The smallest absolute Gasteiger partial charge is 0.340 e. The van der Waals surface area contributed by atoms with E-state index in [1.165, 1.54) is 6.92 Å². The minimum atomic E-state index is -0.463. The van der Waals surface area contributed by atoms with Crippen LogP contribution in [0.4, 0.5) is 6.01 Å². The molecule has 0 spiro atoms. The minimum absolute atomic E-state index is 0.0203. The maximum Gasteiger partial charge on any atom is 0.340 e. The zero-order chi connectivity index (χ0) is 19.2. The second-order valence-electron chi connectivity index (χ2n) is 5.48. The van der Waals surface area contributed by atoms with Crippen LogP contribution in [-0.4, -0.2) is 28.4 Å². The highest BCUT2D eigenvalue weighted by molar-refractivity contribution is 6.30. The molecule has 2 N–H and O–H groups in total. The molecule has 3 aromatic rings. The molecule has 8 nitrogen and oxygen atoms in total. The van der Waals surface area contributed by atoms with Crippen LogP contribution in [0.15, 0.2) is 53.1 Å². The molecule has 0 fully saturated rings. The lowest BCUT2D eigenvalue weighted by atomic mass is 10.1. The number of Topliss-reactive ketones (excluding diaryl/α,β-unsaturated/α-hetero) is 1. The van der Waals surface area contributed by atoms with Crippen molar-refractivity contribution in [2.24, 2.45) is 0 Å². The zero-order valence-electron chi connectivity index (χ0n) is 14.2. The van der Waals surface area contributed by atoms with Crippen molar-refractivity contribution in [2.45, 2.75) is 6.92 Å². The van der Waals surface area contributed by atoms with Crippen molar-refractivity contribution < 1.29 is 18.8 Å². The van der Waals surface area contributed by atoms with E-state index in [0.717, 1.165) is 5.56 Å². The first kappa shape index (κ1) is 18.4. The average molecular weight is 387 g/mol. The number of rotatable bonds is 7. The zero-order valence-corrected chi connectivity index (χ0v) is 15.0. The second-order valence-corrected chi connectivity index (χ2v) is 5.91. The third-order valence-electron chi connectivity index (χ3n) is 3.45. The SMILES string of the molecule is CC(=O)c1cccc(OCC(=O)NNc2nc(-c3ccc(Cl)cc3)no2)c1. The van der Waals surface area contributed by atoms with E-state index in [1.54, 1.807) is 48.5 Å². The Kier molecular flexibility index (Phi) is 5.68. The first-order valence-electron chi connectivity index (χ1n) is 7.89. The highest BCUT2D eigenvalue weighted by Crippen LogP contribution is 2.19. The Morgan fingerprint density at radius 1 is 1.19 bits per heavy atom. The number of hydrogen-bond acceptors (Lipinski definition) is 7. The first-order valence-corrected chi connectivity index (χ1v) is 8.27. The number of ketones is 1. The fourth-order valence-electron chi connectivity index (χ4n) is 2.10. The predicted molar refractivity (Wildman–Crippen MR) is 98.5 cm³/mol. The van der Waals surface area contributed by atoms with Crippen molar-refractivity contribution in [3.05, 3.63) is 59.1 Å². The molecule has 0 aliphatic heterocycles. The standard InChI is InChI=1S/C18H15ClN4O4/c1-11(24)13-3-2-4-15(9-13)26-10-16(25)21-22-18-20-17(23-27-18)12-5-7-14(19)8-6-12/h2-9H,10H2,1H3,(H,21,25)(H,20,22,23). The predicted octanol–water partition coefficient (Wildman–Crippen LogP) is 3.11. The number of nitrogens with zero attached hydrogens (tertiary/aromatic N) is 2. The number of amides is 1. The fourth-order valence-corrected chi connectivity index (χ4v) is 2.23. The van der Waals surface area contributed by atoms with Crippen LogP contribution in [0.1, 0.15) is 17.3 Å². The molecule has 1 aromatic heterocycles. The topological polar surface area (TPSA) is 106 Å². The summed E-state index contributed by atoms with van der Waals surface area (Å²) in [6.45, 7) is 1.20. The van der Waals surface area contributed by atoms with Gasteiger partial charge in [0, 0.05) is 16.1 Å². The Hall–Kier alpha value is -3.39. The molecule has 0 aliphatic rings. The van der Waals surface area contributed by atoms with E-state index >= 15 is 0 Å². The fraction of sp³-hybridized carbons (Fsp3) is 0.111. The number of halogens is 1. The van der Waals surface area contributed by atoms with Gasteiger partial charge in [-0.2, -0.15) is 4.98 Å². The van der Waals surface area contributed by atoms with Gasteiger partial charge in [-0.15, -0.1) is 0 Å². The van der Waals surface area contributed by atoms with Crippen molar-refractivity contribution in [1.29, 1.82) is 0 Å². The number of aromatic nitrogens is 2. The van der Waals surface area contributed by atoms with Crippen molar-refractivity contribution in [2.75, 3.05) is 12.0 Å². The summed E-state index contributed by atoms with van der Waals surface area (Å²) in [4.78, 5) is 27.3. The number of carbonyl (C=O) groups is 2. The van der Waals surface area contributed by atoms with Gasteiger partial charge in [0.1, 0.15) is 5.75 Å². The molecular formula is C18H15ClN4O4. The molecule has 9 heteroatoms. The van der Waals surface area contributed by atoms with Crippen LogP contribution in [0.25, 0.3) is 11.4 Å². The summed E-state index contributed by atoms with van der Waals surface area (Å²) in [5.41, 5.74) is 6.12. The van der Waals surface area contributed by atoms with Crippen LogP contribution >= 0.6 is 11.6 Å². The molecule has 1 heterocycles. The van der Waals surface area contributed by atoms with Crippen LogP contribution in [0.5, 0.6) is 5.75 Å². The Morgan fingerprint density at radius 2 is 1.96 bits per heavy atom. The first-order chi connectivity index (χ1) is 13.0. The van der Waals surface area contributed by atoms with Gasteiger partial charge in [-0.3, -0.25) is 15.0 Å². The lowest BCUT2D eigenvalue weighted by Crippen LogP contribution is -2.33. The average Bonchev–Trinajstić information content (AvgIpc) is 3.14. The summed E-state index contributed by atoms with van der Waals surface area (Å²) in [7, 11) is 0. The van der Waals surface area contributed by atoms with E-state index in [9.17, 15) is 9.59 Å². The third kappa shape index (κ3) is 5.05. The Balaban J connectivity index is 1.50. The third-order valence-corrected chi connectivity index (χ3v) is 3.70. The van der Waals surface area contributed by atoms with Crippen LogP contribution in [0.3, 0.4) is 0 Å². The van der Waals surface area contributed by atoms with Gasteiger partial charge in [-0.1, -0.05) is 28.9 Å². The molecule has 0 saturated heterocycles. The van der Waals surface area contributed by atoms with Crippen molar-refractivity contribution in [1.82, 2.24) is 15.6 Å². The number of hydrazine groups is 1. The van der Waals surface area contributed by atoms with E-state index in [-0.39, 0.29) is 18.4 Å². The van der Waals surface area contributed by atoms with E-state index in [4.69, 9.17) is 20.9 Å². The lowest BCUT2D eigenvalue weighted by molar-refractivity contribution is -0.122. The number of anilines is 1. The van der Waals surface area contributed by atoms with Crippen LogP contribution in [0, 0.1) is 0 Å². The van der Waals surface area contributed by atoms with Gasteiger partial charge in [0.15, 0.2) is 12.4 Å². The number of carbonyl (C=O) groups excluding carboxylic acids is 2. The molecule has 3 rings (SSSR count). The molecule has 0 atom stereocenters. The van der Waals surface area contributed by atoms with Gasteiger partial charge in [0.25, 0.3) is 5.91 Å². The van der Waals surface area contributed by atoms with Gasteiger partial charge in [-0.25, -0.2) is 5.43 Å². The molecule has 0 unspecified atom stereocenters. The molecule has 0 bridgehead atoms. The molecule has 138 valence electrons. The van der Waals surface area contributed by atoms with Crippen molar-refractivity contribution >= 4 is 29.3 Å². The molecule has 27 heavy (non-hydrogen) atoms. The largest absolute Gasteiger partial charge is 0.484 e. The highest BCUT2D eigenvalue weighted by atomic mass is 35.5. The quantitative estimate of drug-likeness (QED) is 0.474. The molecular weight excluding hydrogens is 372 g/mol. The molecule has 0 radical (unpaired) electrons. The maximum atomic E-state index is 11.9. The number of hydrogen-bond donors (Lipinski definition) is 2. The van der Waals surface area contributed by atoms with Gasteiger partial charge in [-0.05, 0) is 43.3 Å². The summed E-state index contributed by atoms with van der Waals surface area (Å²) < 4.78 is 10.4. The van der Waals surface area contributed by atoms with Crippen LogP contribution in [0.2, 0.25) is 5.02 Å². The van der Waals surface area contributed by atoms with Gasteiger partial charge >= 0.3 is 6.01 Å². The summed E-state index contributed by atoms with van der Waals surface area (Å²) in [6, 6.07) is 13.5. The summed E-state index contributed by atoms with van der Waals surface area (Å²) in [5, 5.41) is 4.41. The maximum absolute atomic E-state index is 11.9. The monoisotopic (exact) mass is 386 g/mol. The minimum Gasteiger partial charge on any atom is -0.484 e. The van der Waals surface area contributed by atoms with E-state index < -0.39 is 5.91 Å². The normalized spacial score (nSPS) is 10.3. The molecule has 1 amide bonds. The number of benzene rings is 2. The lowest BCUT2D eigenvalue weighted by Gasteiger charge is -2.07. The van der Waals surface area contributed by atoms with E-state index in [2.05, 4.69) is 21.0 Å². The van der Waals surface area contributed by atoms with Gasteiger partial charge < -0.3 is 9.26 Å². The highest BCUT2D eigenvalue weighted by Gasteiger charge is 2.10. The van der Waals surface area contributed by atoms with Gasteiger partial charge in [0.05, 0.1) is 0 Å². The molecule has 2 aromatic carbocycles. The Bertz CT molecular complexity index is 956. The van der Waals surface area contributed by atoms with Crippen molar-refractivity contribution in [3.63, 3.8) is 0 Å². The van der Waals surface area contributed by atoms with Crippen LogP contribution in [-0.2, 0) is 4.79 Å². The van der Waals surface area contributed by atoms with Crippen molar-refractivity contribution in [3.8, 4) is 17.1 Å². The number of ether oxygens (including phenoxy) is 1. The summed E-state index contributed by atoms with van der Waals surface area (Å²) >= 11 is 5.83. The Morgan fingerprint density at radius 3 is 2.70 bits per heavy atom. The second kappa shape index (κ2) is 8.33. The van der Waals surface area contributed by atoms with E-state index in [1.807, 2.05) is 0 Å². The van der Waals surface area contributed by atoms with Gasteiger partial charge in [0.2, 0.25) is 5.82 Å². The summed E-state index contributed by atoms with van der Waals surface area (Å²) in [5.74, 6) is 0.218. The number of nitrogens with one attached hydrogen (secondary N) is 2. The van der Waals surface area contributed by atoms with Crippen LogP contribution < -0.4 is 15.6 Å². The summed E-state index contributed by atoms with van der Waals surface area (Å²) in [6.07, 6.45) is 0. The van der Waals surface area contributed by atoms with E-state index in [0.29, 0.717) is 22.2 Å². The molecule has 0 aliphatic carbocycles. The molecule has 0 saturated carbocycles. The Labute approximate surface area is 159 Å².